The van der Waals surface area contributed by atoms with Gasteiger partial charge in [0, 0.05) is 30.2 Å². The van der Waals surface area contributed by atoms with Gasteiger partial charge in [0.25, 0.3) is 0 Å². The average Bonchev–Trinajstić information content (AvgIpc) is 2.78. The predicted octanol–water partition coefficient (Wildman–Crippen LogP) is 2.25. The van der Waals surface area contributed by atoms with Crippen LogP contribution in [0.2, 0.25) is 0 Å². The normalized spacial score (nSPS) is 22.3. The topological polar surface area (TPSA) is 116 Å². The van der Waals surface area contributed by atoms with Crippen LogP contribution in [0.5, 0.6) is 0 Å². The summed E-state index contributed by atoms with van der Waals surface area (Å²) in [7, 11) is 0. The van der Waals surface area contributed by atoms with Gasteiger partial charge in [0.2, 0.25) is 23.6 Å². The Labute approximate surface area is 213 Å². The van der Waals surface area contributed by atoms with Gasteiger partial charge in [-0.3, -0.25) is 19.2 Å². The molecule has 0 bridgehead atoms. The Morgan fingerprint density at radius 1 is 1.17 bits per heavy atom. The minimum absolute atomic E-state index is 0.195. The van der Waals surface area contributed by atoms with Crippen molar-refractivity contribution in [2.24, 2.45) is 11.8 Å². The zero-order chi connectivity index (χ0) is 26.5. The van der Waals surface area contributed by atoms with Crippen molar-refractivity contribution < 1.29 is 19.2 Å². The van der Waals surface area contributed by atoms with E-state index in [0.29, 0.717) is 18.1 Å². The summed E-state index contributed by atoms with van der Waals surface area (Å²) in [5.74, 6) is -1.02. The number of thioether (sulfide) groups is 1. The lowest BCUT2D eigenvalue weighted by Crippen LogP contribution is -2.57. The number of nitrogens with one attached hydrogen (secondary N) is 4. The van der Waals surface area contributed by atoms with E-state index < -0.39 is 23.9 Å². The molecule has 1 aliphatic heterocycles. The average molecular weight is 505 g/mol. The van der Waals surface area contributed by atoms with Crippen LogP contribution < -0.4 is 21.3 Å². The first-order valence-electron chi connectivity index (χ1n) is 11.9. The number of hydrogen-bond donors (Lipinski definition) is 4. The Hall–Kier alpha value is -2.81. The maximum absolute atomic E-state index is 13.2. The largest absolute Gasteiger partial charge is 0.352 e. The highest BCUT2D eigenvalue weighted by Gasteiger charge is 2.30. The van der Waals surface area contributed by atoms with E-state index in [1.807, 2.05) is 39.8 Å². The molecule has 0 aromatic rings. The lowest BCUT2D eigenvalue weighted by Gasteiger charge is -2.27. The smallest absolute Gasteiger partial charge is 0.243 e. The highest BCUT2D eigenvalue weighted by atomic mass is 32.2. The highest BCUT2D eigenvalue weighted by Crippen LogP contribution is 2.15. The van der Waals surface area contributed by atoms with Crippen molar-refractivity contribution in [1.29, 1.82) is 0 Å². The second kappa shape index (κ2) is 15.2. The van der Waals surface area contributed by atoms with Crippen LogP contribution in [-0.2, 0) is 19.2 Å². The van der Waals surface area contributed by atoms with Crippen LogP contribution >= 0.6 is 11.8 Å². The van der Waals surface area contributed by atoms with Gasteiger partial charge in [-0.15, -0.1) is 0 Å². The lowest BCUT2D eigenvalue weighted by atomic mass is 9.97. The molecule has 8 nitrogen and oxygen atoms in total. The summed E-state index contributed by atoms with van der Waals surface area (Å²) in [4.78, 5) is 50.7. The second-order valence-corrected chi connectivity index (χ2v) is 10.3. The Bertz CT molecular complexity index is 875. The second-order valence-electron chi connectivity index (χ2n) is 9.15. The molecular formula is C26H40N4O4S. The van der Waals surface area contributed by atoms with E-state index in [1.165, 1.54) is 17.8 Å². The van der Waals surface area contributed by atoms with Crippen LogP contribution in [0.25, 0.3) is 0 Å². The predicted molar refractivity (Wildman–Crippen MR) is 143 cm³/mol. The molecule has 1 aliphatic rings. The summed E-state index contributed by atoms with van der Waals surface area (Å²) < 4.78 is 0. The number of carbonyl (C=O) groups is 4. The van der Waals surface area contributed by atoms with Gasteiger partial charge in [-0.1, -0.05) is 50.3 Å². The van der Waals surface area contributed by atoms with E-state index in [4.69, 9.17) is 0 Å². The molecule has 0 saturated carbocycles. The maximum atomic E-state index is 13.2. The standard InChI is InChI=1S/C26H40N4O4S/c1-8-20(11-9-16(2)3)19(7)24(32)30-23(17(4)5)26(34)29-21-15-35-14-13-27-22(31)12-10-18(6)28-25(21)33/h8-12,17-19,21,23H,1,13-15H2,2-7H3,(H,27,31)(H,28,33)(H,29,34)(H,30,32)/b12-10+,20-11+/t18-,19-,21-,23?/m0/s1. The molecule has 194 valence electrons. The molecular weight excluding hydrogens is 464 g/mol. The van der Waals surface area contributed by atoms with Crippen LogP contribution in [0.3, 0.4) is 0 Å². The molecule has 0 aliphatic carbocycles. The first kappa shape index (κ1) is 30.2. The minimum Gasteiger partial charge on any atom is -0.352 e. The Morgan fingerprint density at radius 2 is 1.86 bits per heavy atom. The van der Waals surface area contributed by atoms with Crippen LogP contribution in [0.15, 0.2) is 48.1 Å². The third-order valence-electron chi connectivity index (χ3n) is 5.35. The molecule has 0 spiro atoms. The van der Waals surface area contributed by atoms with Crippen molar-refractivity contribution in [3.8, 4) is 0 Å². The molecule has 0 aromatic heterocycles. The molecule has 0 aromatic carbocycles. The molecule has 0 fully saturated rings. The molecule has 9 heteroatoms. The zero-order valence-electron chi connectivity index (χ0n) is 21.6. The fourth-order valence-corrected chi connectivity index (χ4v) is 4.06. The molecule has 4 amide bonds. The van der Waals surface area contributed by atoms with Gasteiger partial charge in [-0.05, 0) is 39.2 Å². The van der Waals surface area contributed by atoms with E-state index in [2.05, 4.69) is 27.8 Å². The first-order chi connectivity index (χ1) is 16.5. The summed E-state index contributed by atoms with van der Waals surface area (Å²) in [6.07, 6.45) is 8.38. The van der Waals surface area contributed by atoms with Gasteiger partial charge in [0.1, 0.15) is 12.1 Å². The van der Waals surface area contributed by atoms with Gasteiger partial charge in [0.05, 0.1) is 5.92 Å². The number of carbonyl (C=O) groups excluding carboxylic acids is 4. The van der Waals surface area contributed by atoms with E-state index >= 15 is 0 Å². The molecule has 1 heterocycles. The van der Waals surface area contributed by atoms with Gasteiger partial charge < -0.3 is 21.3 Å². The summed E-state index contributed by atoms with van der Waals surface area (Å²) in [5, 5.41) is 11.2. The highest BCUT2D eigenvalue weighted by molar-refractivity contribution is 7.99. The van der Waals surface area contributed by atoms with Crippen molar-refractivity contribution in [2.75, 3.05) is 18.1 Å². The van der Waals surface area contributed by atoms with E-state index in [9.17, 15) is 19.2 Å². The first-order valence-corrected chi connectivity index (χ1v) is 13.0. The third kappa shape index (κ3) is 11.0. The van der Waals surface area contributed by atoms with Gasteiger partial charge in [-0.25, -0.2) is 0 Å². The molecule has 4 atom stereocenters. The quantitative estimate of drug-likeness (QED) is 0.379. The van der Waals surface area contributed by atoms with Crippen molar-refractivity contribution in [1.82, 2.24) is 21.3 Å². The van der Waals surface area contributed by atoms with Crippen molar-refractivity contribution in [3.63, 3.8) is 0 Å². The zero-order valence-corrected chi connectivity index (χ0v) is 22.5. The van der Waals surface area contributed by atoms with Crippen LogP contribution in [0.4, 0.5) is 0 Å². The SMILES string of the molecule is C=C/C(=C\C=C(C)C)[C@H](C)C(=O)NC(C(=O)N[C@H]1CSCCNC(=O)/C=C/[C@H](C)NC1=O)C(C)C. The minimum atomic E-state index is -0.810. The summed E-state index contributed by atoms with van der Waals surface area (Å²) in [5.41, 5.74) is 1.84. The van der Waals surface area contributed by atoms with Crippen molar-refractivity contribution in [3.05, 3.63) is 48.1 Å². The Morgan fingerprint density at radius 3 is 2.46 bits per heavy atom. The molecule has 0 saturated heterocycles. The van der Waals surface area contributed by atoms with E-state index in [0.717, 1.165) is 11.1 Å². The molecule has 35 heavy (non-hydrogen) atoms. The van der Waals surface area contributed by atoms with E-state index in [1.54, 1.807) is 26.0 Å². The van der Waals surface area contributed by atoms with Gasteiger partial charge in [0.15, 0.2) is 0 Å². The molecule has 0 radical (unpaired) electrons. The molecule has 4 N–H and O–H groups in total. The Kier molecular flexibility index (Phi) is 13.2. The van der Waals surface area contributed by atoms with Gasteiger partial charge in [-0.2, -0.15) is 11.8 Å². The molecule has 1 rings (SSSR count). The number of rotatable bonds is 8. The van der Waals surface area contributed by atoms with Gasteiger partial charge >= 0.3 is 0 Å². The fourth-order valence-electron chi connectivity index (χ4n) is 3.17. The Balaban J connectivity index is 2.97. The number of hydrogen-bond acceptors (Lipinski definition) is 5. The van der Waals surface area contributed by atoms with Crippen molar-refractivity contribution in [2.45, 2.75) is 59.7 Å². The molecule has 1 unspecified atom stereocenters. The number of amides is 4. The number of allylic oxidation sites excluding steroid dienone is 4. The fraction of sp³-hybridized carbons (Fsp3) is 0.538. The van der Waals surface area contributed by atoms with Crippen LogP contribution in [-0.4, -0.2) is 59.8 Å². The summed E-state index contributed by atoms with van der Waals surface area (Å²) in [6.45, 7) is 15.4. The third-order valence-corrected chi connectivity index (χ3v) is 6.42. The lowest BCUT2D eigenvalue weighted by molar-refractivity contribution is -0.133. The van der Waals surface area contributed by atoms with Crippen LogP contribution in [0, 0.1) is 11.8 Å². The van der Waals surface area contributed by atoms with E-state index in [-0.39, 0.29) is 29.7 Å². The van der Waals surface area contributed by atoms with Crippen molar-refractivity contribution >= 4 is 35.4 Å². The summed E-state index contributed by atoms with van der Waals surface area (Å²) >= 11 is 1.45. The maximum Gasteiger partial charge on any atom is 0.243 e. The van der Waals surface area contributed by atoms with Crippen LogP contribution in [0.1, 0.15) is 41.5 Å². The monoisotopic (exact) mass is 504 g/mol. The summed E-state index contributed by atoms with van der Waals surface area (Å²) in [6, 6.07) is -1.98.